The van der Waals surface area contributed by atoms with Gasteiger partial charge in [-0.05, 0) is 51.4 Å². The number of rotatable bonds is 8. The molecule has 1 fully saturated rings. The number of hydrogen-bond donors (Lipinski definition) is 2. The highest BCUT2D eigenvalue weighted by Crippen LogP contribution is 2.23. The number of thiophene rings is 1. The van der Waals surface area contributed by atoms with Crippen LogP contribution in [0.25, 0.3) is 0 Å². The Hall–Kier alpha value is -0.470. The van der Waals surface area contributed by atoms with E-state index in [9.17, 15) is 8.42 Å². The highest BCUT2D eigenvalue weighted by molar-refractivity contribution is 7.91. The Morgan fingerprint density at radius 1 is 1.48 bits per heavy atom. The van der Waals surface area contributed by atoms with Gasteiger partial charge in [0.2, 0.25) is 10.0 Å². The summed E-state index contributed by atoms with van der Waals surface area (Å²) in [6.45, 7) is 6.45. The van der Waals surface area contributed by atoms with Crippen molar-refractivity contribution in [1.29, 1.82) is 0 Å². The van der Waals surface area contributed by atoms with Crippen LogP contribution in [-0.2, 0) is 21.2 Å². The van der Waals surface area contributed by atoms with Crippen molar-refractivity contribution in [1.82, 2.24) is 10.0 Å². The zero-order valence-corrected chi connectivity index (χ0v) is 14.2. The molecule has 1 saturated heterocycles. The van der Waals surface area contributed by atoms with Crippen molar-refractivity contribution in [3.8, 4) is 0 Å². The summed E-state index contributed by atoms with van der Waals surface area (Å²) < 4.78 is 33.4. The summed E-state index contributed by atoms with van der Waals surface area (Å²) >= 11 is 1.34. The normalized spacial score (nSPS) is 20.8. The molecular formula is C14H24N2O3S2. The van der Waals surface area contributed by atoms with Crippen LogP contribution >= 0.6 is 11.3 Å². The molecule has 1 aliphatic rings. The van der Waals surface area contributed by atoms with Crippen LogP contribution in [0.4, 0.5) is 0 Å². The van der Waals surface area contributed by atoms with Crippen LogP contribution in [-0.4, -0.2) is 40.3 Å². The third-order valence-electron chi connectivity index (χ3n) is 3.56. The maximum atomic E-state index is 12.4. The van der Waals surface area contributed by atoms with Crippen LogP contribution in [0.15, 0.2) is 16.3 Å². The zero-order chi connectivity index (χ0) is 15.3. The van der Waals surface area contributed by atoms with E-state index in [1.54, 1.807) is 6.07 Å². The molecule has 120 valence electrons. The number of sulfonamides is 1. The molecule has 21 heavy (non-hydrogen) atoms. The van der Waals surface area contributed by atoms with Crippen LogP contribution in [0.5, 0.6) is 0 Å². The minimum atomic E-state index is -3.44. The second-order valence-electron chi connectivity index (χ2n) is 5.29. The van der Waals surface area contributed by atoms with Crippen LogP contribution in [0.2, 0.25) is 0 Å². The SMILES string of the molecule is CCNCCc1ccc(S(=O)(=O)NC(C)C2CCCO2)s1. The Bertz CT molecular complexity index is 536. The molecule has 2 heterocycles. The van der Waals surface area contributed by atoms with Gasteiger partial charge in [-0.15, -0.1) is 11.3 Å². The van der Waals surface area contributed by atoms with Crippen molar-refractivity contribution in [2.75, 3.05) is 19.7 Å². The molecule has 2 rings (SSSR count). The Labute approximate surface area is 131 Å². The van der Waals surface area contributed by atoms with Crippen molar-refractivity contribution in [3.63, 3.8) is 0 Å². The van der Waals surface area contributed by atoms with Gasteiger partial charge in [0.1, 0.15) is 4.21 Å². The predicted molar refractivity (Wildman–Crippen MR) is 85.3 cm³/mol. The first-order chi connectivity index (χ1) is 10.0. The highest BCUT2D eigenvalue weighted by Gasteiger charge is 2.27. The van der Waals surface area contributed by atoms with Gasteiger partial charge < -0.3 is 10.1 Å². The molecule has 0 saturated carbocycles. The van der Waals surface area contributed by atoms with E-state index in [1.807, 2.05) is 13.0 Å². The summed E-state index contributed by atoms with van der Waals surface area (Å²) in [6, 6.07) is 3.40. The maximum absolute atomic E-state index is 12.4. The largest absolute Gasteiger partial charge is 0.377 e. The monoisotopic (exact) mass is 332 g/mol. The lowest BCUT2D eigenvalue weighted by Crippen LogP contribution is -2.40. The third kappa shape index (κ3) is 4.75. The van der Waals surface area contributed by atoms with Crippen LogP contribution < -0.4 is 10.0 Å². The van der Waals surface area contributed by atoms with Crippen molar-refractivity contribution in [2.45, 2.75) is 49.5 Å². The second kappa shape index (κ2) is 7.69. The number of likely N-dealkylation sites (N-methyl/N-ethyl adjacent to an activating group) is 1. The third-order valence-corrected chi connectivity index (χ3v) is 6.76. The Morgan fingerprint density at radius 3 is 2.95 bits per heavy atom. The molecule has 0 radical (unpaired) electrons. The molecule has 0 aliphatic carbocycles. The topological polar surface area (TPSA) is 67.4 Å². The van der Waals surface area contributed by atoms with Crippen molar-refractivity contribution in [2.24, 2.45) is 0 Å². The molecule has 0 amide bonds. The lowest BCUT2D eigenvalue weighted by Gasteiger charge is -2.19. The molecule has 1 aliphatic heterocycles. The van der Waals surface area contributed by atoms with Gasteiger partial charge in [-0.25, -0.2) is 13.1 Å². The van der Waals surface area contributed by atoms with Crippen molar-refractivity contribution in [3.05, 3.63) is 17.0 Å². The van der Waals surface area contributed by atoms with E-state index in [0.717, 1.165) is 43.8 Å². The molecule has 2 atom stereocenters. The lowest BCUT2D eigenvalue weighted by molar-refractivity contribution is 0.0902. The first kappa shape index (κ1) is 16.9. The quantitative estimate of drug-likeness (QED) is 0.712. The Kier molecular flexibility index (Phi) is 6.19. The molecule has 7 heteroatoms. The van der Waals surface area contributed by atoms with Gasteiger partial charge in [-0.1, -0.05) is 6.92 Å². The molecule has 1 aromatic rings. The molecule has 0 bridgehead atoms. The summed E-state index contributed by atoms with van der Waals surface area (Å²) in [7, 11) is -3.44. The van der Waals surface area contributed by atoms with Crippen LogP contribution in [0.1, 0.15) is 31.6 Å². The minimum Gasteiger partial charge on any atom is -0.377 e. The van der Waals surface area contributed by atoms with E-state index in [1.165, 1.54) is 11.3 Å². The van der Waals surface area contributed by atoms with Gasteiger partial charge in [-0.3, -0.25) is 0 Å². The van der Waals surface area contributed by atoms with E-state index in [-0.39, 0.29) is 12.1 Å². The fraction of sp³-hybridized carbons (Fsp3) is 0.714. The average Bonchev–Trinajstić information content (AvgIpc) is 3.10. The van der Waals surface area contributed by atoms with Crippen LogP contribution in [0.3, 0.4) is 0 Å². The average molecular weight is 332 g/mol. The Morgan fingerprint density at radius 2 is 2.29 bits per heavy atom. The van der Waals surface area contributed by atoms with E-state index in [4.69, 9.17) is 4.74 Å². The van der Waals surface area contributed by atoms with Gasteiger partial charge in [0, 0.05) is 17.5 Å². The maximum Gasteiger partial charge on any atom is 0.250 e. The second-order valence-corrected chi connectivity index (χ2v) is 8.39. The summed E-state index contributed by atoms with van der Waals surface area (Å²) in [5, 5.41) is 3.24. The van der Waals surface area contributed by atoms with E-state index < -0.39 is 10.0 Å². The molecule has 0 aromatic carbocycles. The lowest BCUT2D eigenvalue weighted by atomic mass is 10.1. The Balaban J connectivity index is 1.95. The highest BCUT2D eigenvalue weighted by atomic mass is 32.2. The summed E-state index contributed by atoms with van der Waals surface area (Å²) in [4.78, 5) is 1.08. The smallest absolute Gasteiger partial charge is 0.250 e. The number of ether oxygens (including phenoxy) is 1. The molecule has 5 nitrogen and oxygen atoms in total. The van der Waals surface area contributed by atoms with E-state index in [2.05, 4.69) is 17.0 Å². The molecular weight excluding hydrogens is 308 g/mol. The molecule has 2 unspecified atom stereocenters. The van der Waals surface area contributed by atoms with Gasteiger partial charge in [-0.2, -0.15) is 0 Å². The fourth-order valence-electron chi connectivity index (χ4n) is 2.40. The summed E-state index contributed by atoms with van der Waals surface area (Å²) in [6.07, 6.45) is 2.77. The van der Waals surface area contributed by atoms with Gasteiger partial charge >= 0.3 is 0 Å². The van der Waals surface area contributed by atoms with Gasteiger partial charge in [0.15, 0.2) is 0 Å². The standard InChI is InChI=1S/C14H24N2O3S2/c1-3-15-9-8-12-6-7-14(20-12)21(17,18)16-11(2)13-5-4-10-19-13/h6-7,11,13,15-16H,3-5,8-10H2,1-2H3. The van der Waals surface area contributed by atoms with Crippen molar-refractivity contribution >= 4 is 21.4 Å². The van der Waals surface area contributed by atoms with Gasteiger partial charge in [0.25, 0.3) is 0 Å². The molecule has 1 aromatic heterocycles. The number of hydrogen-bond acceptors (Lipinski definition) is 5. The number of nitrogens with one attached hydrogen (secondary N) is 2. The first-order valence-electron chi connectivity index (χ1n) is 7.46. The van der Waals surface area contributed by atoms with E-state index in [0.29, 0.717) is 4.21 Å². The van der Waals surface area contributed by atoms with E-state index >= 15 is 0 Å². The summed E-state index contributed by atoms with van der Waals surface area (Å²) in [5.41, 5.74) is 0. The van der Waals surface area contributed by atoms with Gasteiger partial charge in [0.05, 0.1) is 6.10 Å². The predicted octanol–water partition coefficient (Wildman–Crippen LogP) is 1.75. The fourth-order valence-corrected chi connectivity index (χ4v) is 5.04. The summed E-state index contributed by atoms with van der Waals surface area (Å²) in [5.74, 6) is 0. The van der Waals surface area contributed by atoms with Crippen LogP contribution in [0, 0.1) is 0 Å². The molecule has 2 N–H and O–H groups in total. The van der Waals surface area contributed by atoms with Crippen molar-refractivity contribution < 1.29 is 13.2 Å². The molecule has 0 spiro atoms. The minimum absolute atomic E-state index is 0.00652. The zero-order valence-electron chi connectivity index (χ0n) is 12.6. The first-order valence-corrected chi connectivity index (χ1v) is 9.76.